The van der Waals surface area contributed by atoms with Crippen LogP contribution in [0.4, 0.5) is 9.52 Å². The molecule has 0 fully saturated rings. The van der Waals surface area contributed by atoms with Crippen molar-refractivity contribution in [1.29, 1.82) is 0 Å². The molecule has 0 aliphatic carbocycles. The molecule has 0 bridgehead atoms. The van der Waals surface area contributed by atoms with Crippen LogP contribution in [0.1, 0.15) is 59.7 Å². The Morgan fingerprint density at radius 1 is 1.15 bits per heavy atom. The number of hydrogen-bond acceptors (Lipinski definition) is 9. The minimum absolute atomic E-state index is 0.0171. The quantitative estimate of drug-likeness (QED) is 0.0794. The van der Waals surface area contributed by atoms with E-state index in [-0.39, 0.29) is 22.3 Å². The number of benzene rings is 2. The first-order valence-electron chi connectivity index (χ1n) is 13.2. The molecule has 4 aromatic rings. The Balaban J connectivity index is 1.47. The Labute approximate surface area is 244 Å². The molecular weight excluding hydrogens is 565 g/mol. The molecule has 1 aliphatic rings. The Morgan fingerprint density at radius 3 is 2.68 bits per heavy atom. The van der Waals surface area contributed by atoms with E-state index >= 15 is 0 Å². The van der Waals surface area contributed by atoms with Crippen LogP contribution in [0.15, 0.2) is 80.8 Å². The number of ether oxygens (including phenoxy) is 1. The number of thioether (sulfide) groups is 1. The van der Waals surface area contributed by atoms with Crippen molar-refractivity contribution in [1.82, 2.24) is 10.2 Å². The summed E-state index contributed by atoms with van der Waals surface area (Å²) >= 11 is 2.55. The number of unbranched alkanes of at least 4 members (excludes halogenated alkanes) is 2. The molecule has 1 N–H and O–H groups in total. The van der Waals surface area contributed by atoms with Crippen molar-refractivity contribution in [3.63, 3.8) is 0 Å². The number of furan rings is 1. The third-order valence-electron chi connectivity index (χ3n) is 6.48. The van der Waals surface area contributed by atoms with Crippen LogP contribution in [0.25, 0.3) is 0 Å². The predicted octanol–water partition coefficient (Wildman–Crippen LogP) is 7.22. The summed E-state index contributed by atoms with van der Waals surface area (Å²) in [5, 5.41) is 19.7. The second kappa shape index (κ2) is 12.7. The number of aromatic nitrogens is 2. The maximum atomic E-state index is 13.6. The van der Waals surface area contributed by atoms with Gasteiger partial charge in [-0.3, -0.25) is 14.5 Å². The largest absolute Gasteiger partial charge is 0.503 e. The number of halogens is 1. The molecular formula is C30H28FN3O5S2. The number of aliphatic hydroxyl groups is 1. The van der Waals surface area contributed by atoms with Crippen molar-refractivity contribution in [2.45, 2.75) is 49.2 Å². The van der Waals surface area contributed by atoms with Crippen LogP contribution in [0, 0.1) is 12.7 Å². The molecule has 0 saturated heterocycles. The number of anilines is 1. The minimum Gasteiger partial charge on any atom is -0.503 e. The van der Waals surface area contributed by atoms with Crippen LogP contribution >= 0.6 is 23.1 Å². The normalized spacial score (nSPS) is 15.1. The number of carbonyl (C=O) groups excluding carboxylic acids is 2. The summed E-state index contributed by atoms with van der Waals surface area (Å²) in [6, 6.07) is 15.5. The van der Waals surface area contributed by atoms with Crippen LogP contribution < -0.4 is 9.64 Å². The average molecular weight is 594 g/mol. The predicted molar refractivity (Wildman–Crippen MR) is 155 cm³/mol. The standard InChI is InChI=1S/C30H28FN3O5S2/c1-3-4-5-15-38-22-8-6-7-20(16-22)25-24(26(35)23-14-9-18(2)39-23)27(36)28(37)34(25)29-32-33-30(41-29)40-17-19-10-12-21(31)13-11-19/h6-14,16,25,36H,3-5,15,17H2,1-2H3. The number of ketones is 1. The van der Waals surface area contributed by atoms with Gasteiger partial charge in [0.2, 0.25) is 10.9 Å². The summed E-state index contributed by atoms with van der Waals surface area (Å²) in [7, 11) is 0. The highest BCUT2D eigenvalue weighted by Crippen LogP contribution is 2.44. The number of Topliss-reactive ketones (excluding diaryl/α,β-unsaturated/α-hetero) is 1. The van der Waals surface area contributed by atoms with Crippen molar-refractivity contribution >= 4 is 39.9 Å². The second-order valence-corrected chi connectivity index (χ2v) is 11.7. The Kier molecular flexibility index (Phi) is 8.84. The first-order chi connectivity index (χ1) is 19.9. The van der Waals surface area contributed by atoms with Crippen molar-refractivity contribution < 1.29 is 28.2 Å². The van der Waals surface area contributed by atoms with Gasteiger partial charge in [0.05, 0.1) is 18.2 Å². The smallest absolute Gasteiger partial charge is 0.296 e. The summed E-state index contributed by atoms with van der Waals surface area (Å²) < 4.78 is 25.3. The van der Waals surface area contributed by atoms with Crippen LogP contribution in [0.2, 0.25) is 0 Å². The van der Waals surface area contributed by atoms with Crippen molar-refractivity contribution in [2.24, 2.45) is 0 Å². The van der Waals surface area contributed by atoms with Gasteiger partial charge in [-0.15, -0.1) is 10.2 Å². The van der Waals surface area contributed by atoms with E-state index in [1.807, 2.05) is 6.07 Å². The van der Waals surface area contributed by atoms with Gasteiger partial charge in [-0.05, 0) is 60.9 Å². The van der Waals surface area contributed by atoms with Crippen LogP contribution in [0.3, 0.4) is 0 Å². The molecule has 0 saturated carbocycles. The summed E-state index contributed by atoms with van der Waals surface area (Å²) in [6.07, 6.45) is 3.01. The monoisotopic (exact) mass is 593 g/mol. The number of aryl methyl sites for hydroxylation is 1. The average Bonchev–Trinajstić information content (AvgIpc) is 3.69. The number of rotatable bonds is 12. The van der Waals surface area contributed by atoms with E-state index in [0.717, 1.165) is 36.2 Å². The van der Waals surface area contributed by atoms with Gasteiger partial charge in [-0.25, -0.2) is 4.39 Å². The number of amides is 1. The number of carbonyl (C=O) groups is 2. The van der Waals surface area contributed by atoms with E-state index in [0.29, 0.717) is 33.8 Å². The minimum atomic E-state index is -0.984. The maximum Gasteiger partial charge on any atom is 0.296 e. The lowest BCUT2D eigenvalue weighted by atomic mass is 9.95. The highest BCUT2D eigenvalue weighted by molar-refractivity contribution is 8.00. The van der Waals surface area contributed by atoms with E-state index in [1.165, 1.54) is 34.9 Å². The van der Waals surface area contributed by atoms with Crippen molar-refractivity contribution in [3.8, 4) is 5.75 Å². The highest BCUT2D eigenvalue weighted by atomic mass is 32.2. The molecule has 1 amide bonds. The van der Waals surface area contributed by atoms with Crippen LogP contribution in [-0.4, -0.2) is 33.6 Å². The summed E-state index contributed by atoms with van der Waals surface area (Å²) in [5.41, 5.74) is 1.36. The fourth-order valence-electron chi connectivity index (χ4n) is 4.44. The number of nitrogens with zero attached hydrogens (tertiary/aromatic N) is 3. The molecule has 41 heavy (non-hydrogen) atoms. The first-order valence-corrected chi connectivity index (χ1v) is 15.0. The van der Waals surface area contributed by atoms with Crippen LogP contribution in [0.5, 0.6) is 5.75 Å². The third-order valence-corrected chi connectivity index (χ3v) is 8.61. The first kappa shape index (κ1) is 28.6. The maximum absolute atomic E-state index is 13.6. The molecule has 1 aliphatic heterocycles. The van der Waals surface area contributed by atoms with Crippen molar-refractivity contribution in [3.05, 3.63) is 100 Å². The van der Waals surface area contributed by atoms with Gasteiger partial charge in [-0.1, -0.05) is 67.1 Å². The summed E-state index contributed by atoms with van der Waals surface area (Å²) in [5.74, 6) is -0.681. The summed E-state index contributed by atoms with van der Waals surface area (Å²) in [6.45, 7) is 4.36. The zero-order valence-corrected chi connectivity index (χ0v) is 24.1. The lowest BCUT2D eigenvalue weighted by Crippen LogP contribution is -2.31. The van der Waals surface area contributed by atoms with E-state index in [9.17, 15) is 19.1 Å². The molecule has 11 heteroatoms. The highest BCUT2D eigenvalue weighted by Gasteiger charge is 2.46. The fourth-order valence-corrected chi connectivity index (χ4v) is 6.26. The number of aliphatic hydroxyl groups excluding tert-OH is 1. The zero-order valence-electron chi connectivity index (χ0n) is 22.5. The molecule has 0 radical (unpaired) electrons. The molecule has 0 spiro atoms. The van der Waals surface area contributed by atoms with E-state index in [1.54, 1.807) is 43.3 Å². The molecule has 1 unspecified atom stereocenters. The topological polar surface area (TPSA) is 106 Å². The van der Waals surface area contributed by atoms with Crippen LogP contribution in [-0.2, 0) is 10.5 Å². The van der Waals surface area contributed by atoms with E-state index in [2.05, 4.69) is 17.1 Å². The zero-order chi connectivity index (χ0) is 28.9. The molecule has 5 rings (SSSR count). The van der Waals surface area contributed by atoms with Crippen molar-refractivity contribution in [2.75, 3.05) is 11.5 Å². The van der Waals surface area contributed by atoms with E-state index < -0.39 is 23.5 Å². The lowest BCUT2D eigenvalue weighted by molar-refractivity contribution is -0.117. The molecule has 8 nitrogen and oxygen atoms in total. The molecule has 2 aromatic carbocycles. The van der Waals surface area contributed by atoms with Gasteiger partial charge < -0.3 is 14.3 Å². The van der Waals surface area contributed by atoms with Gasteiger partial charge in [0.15, 0.2) is 15.9 Å². The third kappa shape index (κ3) is 6.36. The molecule has 3 heterocycles. The Morgan fingerprint density at radius 2 is 1.95 bits per heavy atom. The van der Waals surface area contributed by atoms with Gasteiger partial charge in [-0.2, -0.15) is 0 Å². The van der Waals surface area contributed by atoms with Gasteiger partial charge in [0, 0.05) is 5.75 Å². The molecule has 1 atom stereocenters. The van der Waals surface area contributed by atoms with Gasteiger partial charge >= 0.3 is 0 Å². The molecule has 212 valence electrons. The Bertz CT molecular complexity index is 1580. The summed E-state index contributed by atoms with van der Waals surface area (Å²) in [4.78, 5) is 28.4. The fraction of sp³-hybridized carbons (Fsp3) is 0.267. The lowest BCUT2D eigenvalue weighted by Gasteiger charge is -2.24. The van der Waals surface area contributed by atoms with Gasteiger partial charge in [0.1, 0.15) is 17.3 Å². The number of hydrogen-bond donors (Lipinski definition) is 1. The molecule has 2 aromatic heterocycles. The Hall–Kier alpha value is -3.96. The van der Waals surface area contributed by atoms with Gasteiger partial charge in [0.25, 0.3) is 5.91 Å². The van der Waals surface area contributed by atoms with E-state index in [4.69, 9.17) is 9.15 Å². The SMILES string of the molecule is CCCCCOc1cccc(C2C(C(=O)c3ccc(C)o3)=C(O)C(=O)N2c2nnc(SCc3ccc(F)cc3)s2)c1. The second-order valence-electron chi connectivity index (χ2n) is 9.47.